The minimum atomic E-state index is 0.562. The fraction of sp³-hybridized carbons (Fsp3) is 0.333. The Morgan fingerprint density at radius 1 is 0.909 bits per heavy atom. The van der Waals surface area contributed by atoms with Crippen molar-refractivity contribution in [3.05, 3.63) is 54.1 Å². The maximum atomic E-state index is 5.61. The number of ether oxygens (including phenoxy) is 3. The van der Waals surface area contributed by atoms with Crippen LogP contribution in [0.3, 0.4) is 0 Å². The summed E-state index contributed by atoms with van der Waals surface area (Å²) >= 11 is 0. The van der Waals surface area contributed by atoms with Crippen molar-refractivity contribution >= 4 is 5.69 Å². The van der Waals surface area contributed by atoms with Crippen molar-refractivity contribution in [3.63, 3.8) is 0 Å². The lowest BCUT2D eigenvalue weighted by molar-refractivity contribution is 0.146. The summed E-state index contributed by atoms with van der Waals surface area (Å²) in [7, 11) is 1.67. The van der Waals surface area contributed by atoms with Crippen LogP contribution in [0.1, 0.15) is 12.5 Å². The van der Waals surface area contributed by atoms with Crippen LogP contribution in [0, 0.1) is 0 Å². The summed E-state index contributed by atoms with van der Waals surface area (Å²) in [6.45, 7) is 4.56. The summed E-state index contributed by atoms with van der Waals surface area (Å²) in [4.78, 5) is 0. The standard InChI is InChI=1S/C18H23NO3/c1-3-21-17-9-7-16(8-10-17)19-14-15-5-4-6-18(13-15)22-12-11-20-2/h4-10,13,19H,3,11-12,14H2,1-2H3. The quantitative estimate of drug-likeness (QED) is 0.717. The van der Waals surface area contributed by atoms with E-state index in [-0.39, 0.29) is 0 Å². The Kier molecular flexibility index (Phi) is 6.58. The minimum Gasteiger partial charge on any atom is -0.494 e. The molecule has 0 radical (unpaired) electrons. The second kappa shape index (κ2) is 8.95. The third-order valence-electron chi connectivity index (χ3n) is 3.12. The van der Waals surface area contributed by atoms with E-state index in [2.05, 4.69) is 11.4 Å². The molecular weight excluding hydrogens is 278 g/mol. The Balaban J connectivity index is 1.86. The summed E-state index contributed by atoms with van der Waals surface area (Å²) in [5.41, 5.74) is 2.23. The molecule has 0 bridgehead atoms. The zero-order chi connectivity index (χ0) is 15.6. The summed E-state index contributed by atoms with van der Waals surface area (Å²) < 4.78 is 16.0. The monoisotopic (exact) mass is 301 g/mol. The van der Waals surface area contributed by atoms with Gasteiger partial charge in [0.1, 0.15) is 18.1 Å². The minimum absolute atomic E-state index is 0.562. The van der Waals surface area contributed by atoms with E-state index in [0.717, 1.165) is 23.7 Å². The van der Waals surface area contributed by atoms with Crippen LogP contribution < -0.4 is 14.8 Å². The molecule has 0 aliphatic rings. The third-order valence-corrected chi connectivity index (χ3v) is 3.12. The highest BCUT2D eigenvalue weighted by Crippen LogP contribution is 2.18. The summed E-state index contributed by atoms with van der Waals surface area (Å²) in [6, 6.07) is 16.0. The van der Waals surface area contributed by atoms with E-state index in [0.29, 0.717) is 19.8 Å². The molecule has 1 N–H and O–H groups in total. The molecule has 0 amide bonds. The van der Waals surface area contributed by atoms with Crippen LogP contribution in [0.4, 0.5) is 5.69 Å². The van der Waals surface area contributed by atoms with Crippen molar-refractivity contribution in [1.82, 2.24) is 0 Å². The molecule has 22 heavy (non-hydrogen) atoms. The van der Waals surface area contributed by atoms with Gasteiger partial charge in [0.25, 0.3) is 0 Å². The molecule has 0 saturated carbocycles. The van der Waals surface area contributed by atoms with Crippen molar-refractivity contribution in [2.45, 2.75) is 13.5 Å². The maximum absolute atomic E-state index is 5.61. The fourth-order valence-electron chi connectivity index (χ4n) is 2.03. The SMILES string of the molecule is CCOc1ccc(NCc2cccc(OCCOC)c2)cc1. The van der Waals surface area contributed by atoms with E-state index < -0.39 is 0 Å². The summed E-state index contributed by atoms with van der Waals surface area (Å²) in [6.07, 6.45) is 0. The van der Waals surface area contributed by atoms with Gasteiger partial charge in [0, 0.05) is 19.3 Å². The average Bonchev–Trinajstić information content (AvgIpc) is 2.55. The van der Waals surface area contributed by atoms with Crippen molar-refractivity contribution in [3.8, 4) is 11.5 Å². The van der Waals surface area contributed by atoms with Crippen LogP contribution in [0.25, 0.3) is 0 Å². The molecule has 0 spiro atoms. The van der Waals surface area contributed by atoms with Gasteiger partial charge in [-0.3, -0.25) is 0 Å². The number of benzene rings is 2. The van der Waals surface area contributed by atoms with Crippen LogP contribution in [0.2, 0.25) is 0 Å². The van der Waals surface area contributed by atoms with Crippen LogP contribution in [-0.2, 0) is 11.3 Å². The molecule has 2 aromatic carbocycles. The second-order valence-electron chi connectivity index (χ2n) is 4.80. The first-order valence-corrected chi connectivity index (χ1v) is 7.49. The third kappa shape index (κ3) is 5.30. The van der Waals surface area contributed by atoms with Gasteiger partial charge in [-0.05, 0) is 48.9 Å². The van der Waals surface area contributed by atoms with E-state index >= 15 is 0 Å². The Morgan fingerprint density at radius 2 is 1.73 bits per heavy atom. The van der Waals surface area contributed by atoms with Gasteiger partial charge in [0.05, 0.1) is 13.2 Å². The van der Waals surface area contributed by atoms with Crippen molar-refractivity contribution in [2.24, 2.45) is 0 Å². The van der Waals surface area contributed by atoms with Gasteiger partial charge in [-0.25, -0.2) is 0 Å². The number of anilines is 1. The number of methoxy groups -OCH3 is 1. The Bertz CT molecular complexity index is 555. The Hall–Kier alpha value is -2.20. The number of hydrogen-bond donors (Lipinski definition) is 1. The average molecular weight is 301 g/mol. The maximum Gasteiger partial charge on any atom is 0.119 e. The molecule has 0 saturated heterocycles. The van der Waals surface area contributed by atoms with Gasteiger partial charge in [-0.2, -0.15) is 0 Å². The first-order valence-electron chi connectivity index (χ1n) is 7.49. The first kappa shape index (κ1) is 16.2. The molecule has 0 heterocycles. The number of rotatable bonds is 9. The molecule has 0 unspecified atom stereocenters. The van der Waals surface area contributed by atoms with Crippen LogP contribution >= 0.6 is 0 Å². The highest BCUT2D eigenvalue weighted by molar-refractivity contribution is 5.47. The summed E-state index contributed by atoms with van der Waals surface area (Å²) in [5.74, 6) is 1.75. The van der Waals surface area contributed by atoms with E-state index in [1.165, 1.54) is 5.56 Å². The van der Waals surface area contributed by atoms with Crippen molar-refractivity contribution in [1.29, 1.82) is 0 Å². The van der Waals surface area contributed by atoms with Gasteiger partial charge in [0.15, 0.2) is 0 Å². The van der Waals surface area contributed by atoms with Gasteiger partial charge < -0.3 is 19.5 Å². The first-order chi connectivity index (χ1) is 10.8. The molecule has 4 heteroatoms. The van der Waals surface area contributed by atoms with Gasteiger partial charge >= 0.3 is 0 Å². The van der Waals surface area contributed by atoms with Crippen LogP contribution in [-0.4, -0.2) is 26.9 Å². The molecule has 0 atom stereocenters. The molecule has 0 aromatic heterocycles. The highest BCUT2D eigenvalue weighted by Gasteiger charge is 1.99. The fourth-order valence-corrected chi connectivity index (χ4v) is 2.03. The lowest BCUT2D eigenvalue weighted by atomic mass is 10.2. The van der Waals surface area contributed by atoms with E-state index in [4.69, 9.17) is 14.2 Å². The highest BCUT2D eigenvalue weighted by atomic mass is 16.5. The predicted octanol–water partition coefficient (Wildman–Crippen LogP) is 3.72. The van der Waals surface area contributed by atoms with E-state index in [1.807, 2.05) is 49.4 Å². The lowest BCUT2D eigenvalue weighted by Crippen LogP contribution is -2.05. The number of nitrogens with one attached hydrogen (secondary N) is 1. The summed E-state index contributed by atoms with van der Waals surface area (Å²) in [5, 5.41) is 3.39. The molecule has 0 aliphatic heterocycles. The van der Waals surface area contributed by atoms with E-state index in [1.54, 1.807) is 7.11 Å². The van der Waals surface area contributed by atoms with Gasteiger partial charge in [-0.1, -0.05) is 12.1 Å². The van der Waals surface area contributed by atoms with Crippen LogP contribution in [0.15, 0.2) is 48.5 Å². The molecular formula is C18H23NO3. The van der Waals surface area contributed by atoms with Crippen molar-refractivity contribution < 1.29 is 14.2 Å². The smallest absolute Gasteiger partial charge is 0.119 e. The Labute approximate surface area is 132 Å². The normalized spacial score (nSPS) is 10.3. The van der Waals surface area contributed by atoms with Crippen LogP contribution in [0.5, 0.6) is 11.5 Å². The predicted molar refractivity (Wildman–Crippen MR) is 88.8 cm³/mol. The molecule has 0 aliphatic carbocycles. The largest absolute Gasteiger partial charge is 0.494 e. The lowest BCUT2D eigenvalue weighted by Gasteiger charge is -2.10. The zero-order valence-electron chi connectivity index (χ0n) is 13.2. The molecule has 2 rings (SSSR count). The van der Waals surface area contributed by atoms with Gasteiger partial charge in [0.2, 0.25) is 0 Å². The molecule has 0 fully saturated rings. The van der Waals surface area contributed by atoms with Crippen molar-refractivity contribution in [2.75, 3.05) is 32.2 Å². The zero-order valence-corrected chi connectivity index (χ0v) is 13.2. The Morgan fingerprint density at radius 3 is 2.45 bits per heavy atom. The van der Waals surface area contributed by atoms with Gasteiger partial charge in [-0.15, -0.1) is 0 Å². The molecule has 2 aromatic rings. The molecule has 118 valence electrons. The number of hydrogen-bond acceptors (Lipinski definition) is 4. The molecule has 4 nitrogen and oxygen atoms in total. The topological polar surface area (TPSA) is 39.7 Å². The second-order valence-corrected chi connectivity index (χ2v) is 4.80. The van der Waals surface area contributed by atoms with E-state index in [9.17, 15) is 0 Å².